The fourth-order valence-electron chi connectivity index (χ4n) is 2.47. The van der Waals surface area contributed by atoms with Crippen LogP contribution in [-0.2, 0) is 19.3 Å². The van der Waals surface area contributed by atoms with Crippen LogP contribution in [0.1, 0.15) is 46.5 Å². The monoisotopic (exact) mass is 284 g/mol. The Morgan fingerprint density at radius 1 is 0.952 bits per heavy atom. The van der Waals surface area contributed by atoms with Crippen LogP contribution < -0.4 is 0 Å². The molecule has 0 aliphatic rings. The summed E-state index contributed by atoms with van der Waals surface area (Å²) in [6, 6.07) is 11.0. The lowest BCUT2D eigenvalue weighted by Crippen LogP contribution is -1.98. The fraction of sp³-hybridized carbons (Fsp3) is 0.278. The van der Waals surface area contributed by atoms with E-state index in [0.717, 1.165) is 41.5 Å². The minimum atomic E-state index is -0.910. The number of carboxylic acids is 1. The molecule has 0 bridgehead atoms. The van der Waals surface area contributed by atoms with Crippen molar-refractivity contribution in [3.8, 4) is 5.75 Å². The molecule has 0 saturated carbocycles. The first-order valence-electron chi connectivity index (χ1n) is 7.21. The maximum atomic E-state index is 10.8. The van der Waals surface area contributed by atoms with Crippen molar-refractivity contribution in [1.82, 2.24) is 0 Å². The summed E-state index contributed by atoms with van der Waals surface area (Å²) in [5, 5.41) is 19.0. The third-order valence-electron chi connectivity index (χ3n) is 3.70. The van der Waals surface area contributed by atoms with Gasteiger partial charge in [0.2, 0.25) is 0 Å². The Morgan fingerprint density at radius 2 is 1.48 bits per heavy atom. The molecule has 21 heavy (non-hydrogen) atoms. The number of carboxylic acid groups (broad SMARTS) is 1. The van der Waals surface area contributed by atoms with E-state index in [1.54, 1.807) is 12.1 Å². The van der Waals surface area contributed by atoms with Gasteiger partial charge in [0.25, 0.3) is 0 Å². The fourth-order valence-corrected chi connectivity index (χ4v) is 2.47. The van der Waals surface area contributed by atoms with Gasteiger partial charge in [0.05, 0.1) is 5.56 Å². The van der Waals surface area contributed by atoms with E-state index in [1.807, 2.05) is 38.1 Å². The zero-order valence-corrected chi connectivity index (χ0v) is 12.4. The summed E-state index contributed by atoms with van der Waals surface area (Å²) in [5.74, 6) is -0.502. The highest BCUT2D eigenvalue weighted by Gasteiger charge is 2.09. The van der Waals surface area contributed by atoms with Gasteiger partial charge in [-0.25, -0.2) is 4.79 Å². The quantitative estimate of drug-likeness (QED) is 0.878. The molecule has 0 radical (unpaired) electrons. The zero-order chi connectivity index (χ0) is 15.4. The molecule has 3 nitrogen and oxygen atoms in total. The molecule has 0 fully saturated rings. The second kappa shape index (κ2) is 6.44. The molecule has 0 aliphatic carbocycles. The molecule has 2 rings (SSSR count). The topological polar surface area (TPSA) is 57.5 Å². The van der Waals surface area contributed by atoms with Crippen LogP contribution in [0.4, 0.5) is 0 Å². The summed E-state index contributed by atoms with van der Waals surface area (Å²) in [5.41, 5.74) is 4.44. The van der Waals surface area contributed by atoms with Crippen molar-refractivity contribution < 1.29 is 15.0 Å². The number of hydrogen-bond donors (Lipinski definition) is 2. The Hall–Kier alpha value is -2.29. The van der Waals surface area contributed by atoms with Crippen LogP contribution in [0.5, 0.6) is 5.75 Å². The Morgan fingerprint density at radius 3 is 1.90 bits per heavy atom. The number of aromatic hydroxyl groups is 1. The van der Waals surface area contributed by atoms with Crippen molar-refractivity contribution >= 4 is 5.97 Å². The van der Waals surface area contributed by atoms with Crippen LogP contribution in [0.3, 0.4) is 0 Å². The van der Waals surface area contributed by atoms with Gasteiger partial charge in [0, 0.05) is 0 Å². The number of aromatic carboxylic acids is 1. The highest BCUT2D eigenvalue weighted by molar-refractivity contribution is 5.87. The summed E-state index contributed by atoms with van der Waals surface area (Å²) in [7, 11) is 0. The number of phenols is 1. The van der Waals surface area contributed by atoms with Gasteiger partial charge in [-0.15, -0.1) is 0 Å². The summed E-state index contributed by atoms with van der Waals surface area (Å²) >= 11 is 0. The van der Waals surface area contributed by atoms with Gasteiger partial charge >= 0.3 is 5.97 Å². The molecule has 2 aromatic rings. The largest absolute Gasteiger partial charge is 0.507 e. The highest BCUT2D eigenvalue weighted by atomic mass is 16.4. The van der Waals surface area contributed by atoms with E-state index in [4.69, 9.17) is 5.11 Å². The molecule has 0 atom stereocenters. The highest BCUT2D eigenvalue weighted by Crippen LogP contribution is 2.27. The number of phenolic OH excluding ortho intramolecular Hbond substituents is 1. The van der Waals surface area contributed by atoms with Gasteiger partial charge in [-0.2, -0.15) is 0 Å². The van der Waals surface area contributed by atoms with Crippen LogP contribution in [0, 0.1) is 0 Å². The molecular formula is C18H20O3. The Balaban J connectivity index is 2.28. The lowest BCUT2D eigenvalue weighted by atomic mass is 9.96. The SMILES string of the molecule is CCc1cc(Cc2ccc(C(=O)O)cc2)cc(CC)c1O. The molecule has 0 aromatic heterocycles. The third kappa shape index (κ3) is 3.43. The maximum absolute atomic E-state index is 10.8. The van der Waals surface area contributed by atoms with Gasteiger partial charge in [0.1, 0.15) is 5.75 Å². The van der Waals surface area contributed by atoms with Crippen molar-refractivity contribution in [1.29, 1.82) is 0 Å². The third-order valence-corrected chi connectivity index (χ3v) is 3.70. The van der Waals surface area contributed by atoms with Crippen molar-refractivity contribution in [2.24, 2.45) is 0 Å². The number of rotatable bonds is 5. The van der Waals surface area contributed by atoms with Crippen LogP contribution in [0.15, 0.2) is 36.4 Å². The lowest BCUT2D eigenvalue weighted by Gasteiger charge is -2.11. The number of aryl methyl sites for hydroxylation is 2. The molecule has 2 aromatic carbocycles. The molecule has 0 aliphatic heterocycles. The average molecular weight is 284 g/mol. The van der Waals surface area contributed by atoms with E-state index in [0.29, 0.717) is 11.3 Å². The standard InChI is InChI=1S/C18H20O3/c1-3-14-10-13(11-15(4-2)17(14)19)9-12-5-7-16(8-6-12)18(20)21/h5-8,10-11,19H,3-4,9H2,1-2H3,(H,20,21). The number of hydrogen-bond acceptors (Lipinski definition) is 2. The lowest BCUT2D eigenvalue weighted by molar-refractivity contribution is 0.0697. The van der Waals surface area contributed by atoms with Crippen LogP contribution in [-0.4, -0.2) is 16.2 Å². The first-order valence-corrected chi connectivity index (χ1v) is 7.21. The maximum Gasteiger partial charge on any atom is 0.335 e. The molecule has 0 heterocycles. The minimum Gasteiger partial charge on any atom is -0.507 e. The van der Waals surface area contributed by atoms with Crippen molar-refractivity contribution in [2.75, 3.05) is 0 Å². The zero-order valence-electron chi connectivity index (χ0n) is 12.4. The molecule has 0 saturated heterocycles. The van der Waals surface area contributed by atoms with Gasteiger partial charge in [-0.3, -0.25) is 0 Å². The van der Waals surface area contributed by atoms with Crippen molar-refractivity contribution in [3.63, 3.8) is 0 Å². The van der Waals surface area contributed by atoms with E-state index in [-0.39, 0.29) is 0 Å². The van der Waals surface area contributed by atoms with Gasteiger partial charge < -0.3 is 10.2 Å². The van der Waals surface area contributed by atoms with Crippen LogP contribution in [0.25, 0.3) is 0 Å². The molecule has 2 N–H and O–H groups in total. The Labute approximate surface area is 124 Å². The summed E-state index contributed by atoms with van der Waals surface area (Å²) in [6.07, 6.45) is 2.33. The smallest absolute Gasteiger partial charge is 0.335 e. The average Bonchev–Trinajstić information content (AvgIpc) is 2.49. The molecule has 0 unspecified atom stereocenters. The van der Waals surface area contributed by atoms with Gasteiger partial charge in [-0.1, -0.05) is 38.1 Å². The number of carbonyl (C=O) groups is 1. The summed E-state index contributed by atoms with van der Waals surface area (Å²) < 4.78 is 0. The van der Waals surface area contributed by atoms with E-state index in [9.17, 15) is 9.90 Å². The first kappa shape index (κ1) is 15.1. The van der Waals surface area contributed by atoms with E-state index in [2.05, 4.69) is 0 Å². The minimum absolute atomic E-state index is 0.299. The van der Waals surface area contributed by atoms with E-state index >= 15 is 0 Å². The van der Waals surface area contributed by atoms with Crippen LogP contribution in [0.2, 0.25) is 0 Å². The van der Waals surface area contributed by atoms with E-state index < -0.39 is 5.97 Å². The molecule has 0 amide bonds. The van der Waals surface area contributed by atoms with Gasteiger partial charge in [-0.05, 0) is 53.6 Å². The predicted molar refractivity (Wildman–Crippen MR) is 83.1 cm³/mol. The normalized spacial score (nSPS) is 10.6. The summed E-state index contributed by atoms with van der Waals surface area (Å²) in [4.78, 5) is 10.8. The molecule has 3 heteroatoms. The molecular weight excluding hydrogens is 264 g/mol. The second-order valence-electron chi connectivity index (χ2n) is 5.15. The van der Waals surface area contributed by atoms with Crippen molar-refractivity contribution in [3.05, 3.63) is 64.2 Å². The summed E-state index contributed by atoms with van der Waals surface area (Å²) in [6.45, 7) is 4.06. The predicted octanol–water partition coefficient (Wildman–Crippen LogP) is 3.81. The Kier molecular flexibility index (Phi) is 4.63. The Bertz CT molecular complexity index is 617. The molecule has 110 valence electrons. The first-order chi connectivity index (χ1) is 10.0. The van der Waals surface area contributed by atoms with Crippen LogP contribution >= 0.6 is 0 Å². The van der Waals surface area contributed by atoms with Crippen molar-refractivity contribution in [2.45, 2.75) is 33.1 Å². The molecule has 0 spiro atoms. The number of benzene rings is 2. The second-order valence-corrected chi connectivity index (χ2v) is 5.15. The van der Waals surface area contributed by atoms with E-state index in [1.165, 1.54) is 0 Å². The van der Waals surface area contributed by atoms with Gasteiger partial charge in [0.15, 0.2) is 0 Å².